The lowest BCUT2D eigenvalue weighted by atomic mass is 9.93. The van der Waals surface area contributed by atoms with E-state index in [1.54, 1.807) is 18.3 Å². The Bertz CT molecular complexity index is 482. The number of nitrogens with two attached hydrogens (primary N) is 1. The average Bonchev–Trinajstić information content (AvgIpc) is 2.39. The average molecular weight is 263 g/mol. The second-order valence-electron chi connectivity index (χ2n) is 4.77. The van der Waals surface area contributed by atoms with Crippen molar-refractivity contribution in [3.05, 3.63) is 23.9 Å². The van der Waals surface area contributed by atoms with Crippen LogP contribution in [0, 0.1) is 5.92 Å². The van der Waals surface area contributed by atoms with E-state index >= 15 is 0 Å². The highest BCUT2D eigenvalue weighted by Crippen LogP contribution is 2.25. The number of anilines is 1. The summed E-state index contributed by atoms with van der Waals surface area (Å²) in [6.45, 7) is 1.41. The summed E-state index contributed by atoms with van der Waals surface area (Å²) in [6.07, 6.45) is 3.42. The molecule has 1 fully saturated rings. The van der Waals surface area contributed by atoms with Crippen LogP contribution in [0.2, 0.25) is 0 Å². The molecule has 0 spiro atoms. The van der Waals surface area contributed by atoms with Gasteiger partial charge in [0.25, 0.3) is 5.91 Å². The van der Waals surface area contributed by atoms with Gasteiger partial charge in [-0.1, -0.05) is 0 Å². The van der Waals surface area contributed by atoms with Crippen molar-refractivity contribution >= 4 is 17.7 Å². The number of amides is 1. The molecule has 0 aromatic carbocycles. The lowest BCUT2D eigenvalue weighted by molar-refractivity contribution is -0.138. The maximum atomic E-state index is 11.4. The molecule has 3 N–H and O–H groups in total. The first-order chi connectivity index (χ1) is 9.08. The highest BCUT2D eigenvalue weighted by atomic mass is 16.4. The molecule has 2 rings (SSSR count). The molecule has 1 amide bonds. The first-order valence-electron chi connectivity index (χ1n) is 6.29. The highest BCUT2D eigenvalue weighted by Gasteiger charge is 2.24. The summed E-state index contributed by atoms with van der Waals surface area (Å²) in [5, 5.41) is 8.78. The monoisotopic (exact) mass is 263 g/mol. The van der Waals surface area contributed by atoms with E-state index in [0.29, 0.717) is 24.5 Å². The van der Waals surface area contributed by atoms with Crippen LogP contribution in [0.5, 0.6) is 0 Å². The molecular weight excluding hydrogens is 246 g/mol. The van der Waals surface area contributed by atoms with Gasteiger partial charge in [0.15, 0.2) is 0 Å². The van der Waals surface area contributed by atoms with E-state index in [9.17, 15) is 9.59 Å². The predicted molar refractivity (Wildman–Crippen MR) is 69.9 cm³/mol. The van der Waals surface area contributed by atoms with Gasteiger partial charge in [-0.3, -0.25) is 9.59 Å². The van der Waals surface area contributed by atoms with Crippen LogP contribution in [0.3, 0.4) is 0 Å². The van der Waals surface area contributed by atoms with Crippen molar-refractivity contribution in [3.8, 4) is 0 Å². The summed E-state index contributed by atoms with van der Waals surface area (Å²) in [6, 6.07) is 3.34. The number of carboxylic acids is 1. The van der Waals surface area contributed by atoms with E-state index in [2.05, 4.69) is 4.98 Å². The topological polar surface area (TPSA) is 96.5 Å². The van der Waals surface area contributed by atoms with Gasteiger partial charge in [0.05, 0.1) is 5.56 Å². The van der Waals surface area contributed by atoms with Crippen LogP contribution in [0.4, 0.5) is 5.82 Å². The van der Waals surface area contributed by atoms with Crippen LogP contribution in [0.15, 0.2) is 18.3 Å². The smallest absolute Gasteiger partial charge is 0.303 e. The molecule has 6 nitrogen and oxygen atoms in total. The Hall–Kier alpha value is -2.11. The largest absolute Gasteiger partial charge is 0.481 e. The van der Waals surface area contributed by atoms with Crippen molar-refractivity contribution in [2.75, 3.05) is 18.0 Å². The molecule has 0 bridgehead atoms. The first-order valence-corrected chi connectivity index (χ1v) is 6.29. The predicted octanol–water partition coefficient (Wildman–Crippen LogP) is 0.872. The molecule has 102 valence electrons. The van der Waals surface area contributed by atoms with Crippen LogP contribution < -0.4 is 10.6 Å². The number of rotatable bonds is 4. The number of carbonyl (C=O) groups excluding carboxylic acids is 1. The van der Waals surface area contributed by atoms with Gasteiger partial charge in [0.1, 0.15) is 5.82 Å². The normalized spacial score (nSPS) is 16.3. The molecule has 1 aromatic heterocycles. The molecule has 1 aliphatic rings. The van der Waals surface area contributed by atoms with Crippen LogP contribution >= 0.6 is 0 Å². The van der Waals surface area contributed by atoms with Gasteiger partial charge >= 0.3 is 5.97 Å². The summed E-state index contributed by atoms with van der Waals surface area (Å²) in [7, 11) is 0. The number of hydrogen-bond acceptors (Lipinski definition) is 4. The number of pyridine rings is 1. The Morgan fingerprint density at radius 3 is 2.68 bits per heavy atom. The maximum absolute atomic E-state index is 11.4. The number of carboxylic acid groups (broad SMARTS) is 1. The Morgan fingerprint density at radius 1 is 1.42 bits per heavy atom. The van der Waals surface area contributed by atoms with Gasteiger partial charge in [0, 0.05) is 25.7 Å². The highest BCUT2D eigenvalue weighted by molar-refractivity contribution is 5.97. The zero-order chi connectivity index (χ0) is 13.8. The third-order valence-corrected chi connectivity index (χ3v) is 3.43. The number of hydrogen-bond donors (Lipinski definition) is 2. The zero-order valence-corrected chi connectivity index (χ0v) is 10.6. The SMILES string of the molecule is NC(=O)c1cccnc1N1CCC(CC(=O)O)CC1. The molecule has 0 atom stereocenters. The molecule has 6 heteroatoms. The van der Waals surface area contributed by atoms with E-state index in [0.717, 1.165) is 12.8 Å². The summed E-state index contributed by atoms with van der Waals surface area (Å²) in [5.74, 6) is -0.442. The lowest BCUT2D eigenvalue weighted by Crippen LogP contribution is -2.36. The molecule has 0 unspecified atom stereocenters. The molecule has 1 aromatic rings. The van der Waals surface area contributed by atoms with Crippen molar-refractivity contribution in [2.45, 2.75) is 19.3 Å². The second-order valence-corrected chi connectivity index (χ2v) is 4.77. The summed E-state index contributed by atoms with van der Waals surface area (Å²) in [4.78, 5) is 28.2. The third-order valence-electron chi connectivity index (χ3n) is 3.43. The quantitative estimate of drug-likeness (QED) is 0.840. The first kappa shape index (κ1) is 13.3. The molecule has 19 heavy (non-hydrogen) atoms. The van der Waals surface area contributed by atoms with Gasteiger partial charge < -0.3 is 15.7 Å². The minimum Gasteiger partial charge on any atom is -0.481 e. The third kappa shape index (κ3) is 3.21. The van der Waals surface area contributed by atoms with E-state index in [1.807, 2.05) is 4.90 Å². The molecule has 1 saturated heterocycles. The Kier molecular flexibility index (Phi) is 3.99. The van der Waals surface area contributed by atoms with Crippen molar-refractivity contribution in [2.24, 2.45) is 11.7 Å². The fourth-order valence-corrected chi connectivity index (χ4v) is 2.44. The summed E-state index contributed by atoms with van der Waals surface area (Å²) in [5.41, 5.74) is 5.75. The Morgan fingerprint density at radius 2 is 2.11 bits per heavy atom. The van der Waals surface area contributed by atoms with Gasteiger partial charge in [-0.25, -0.2) is 4.98 Å². The second kappa shape index (κ2) is 5.69. The minimum absolute atomic E-state index is 0.203. The summed E-state index contributed by atoms with van der Waals surface area (Å²) >= 11 is 0. The minimum atomic E-state index is -0.755. The van der Waals surface area contributed by atoms with Crippen LogP contribution in [-0.4, -0.2) is 35.1 Å². The standard InChI is InChI=1S/C13H17N3O3/c14-12(19)10-2-1-5-15-13(10)16-6-3-9(4-7-16)8-11(17)18/h1-2,5,9H,3-4,6-8H2,(H2,14,19)(H,17,18). The van der Waals surface area contributed by atoms with Gasteiger partial charge in [-0.2, -0.15) is 0 Å². The van der Waals surface area contributed by atoms with Crippen molar-refractivity contribution in [1.82, 2.24) is 4.98 Å². The van der Waals surface area contributed by atoms with Crippen LogP contribution in [0.25, 0.3) is 0 Å². The molecular formula is C13H17N3O3. The van der Waals surface area contributed by atoms with Gasteiger partial charge in [-0.05, 0) is 30.9 Å². The fourth-order valence-electron chi connectivity index (χ4n) is 2.44. The van der Waals surface area contributed by atoms with Crippen molar-refractivity contribution in [1.29, 1.82) is 0 Å². The number of nitrogens with zero attached hydrogens (tertiary/aromatic N) is 2. The van der Waals surface area contributed by atoms with Crippen LogP contribution in [0.1, 0.15) is 29.6 Å². The number of piperidine rings is 1. The van der Waals surface area contributed by atoms with Gasteiger partial charge in [0.2, 0.25) is 0 Å². The zero-order valence-electron chi connectivity index (χ0n) is 10.6. The van der Waals surface area contributed by atoms with E-state index in [1.165, 1.54) is 0 Å². The number of carbonyl (C=O) groups is 2. The van der Waals surface area contributed by atoms with Crippen molar-refractivity contribution < 1.29 is 14.7 Å². The lowest BCUT2D eigenvalue weighted by Gasteiger charge is -2.32. The van der Waals surface area contributed by atoms with Crippen molar-refractivity contribution in [3.63, 3.8) is 0 Å². The molecule has 0 radical (unpaired) electrons. The molecule has 0 aliphatic carbocycles. The fraction of sp³-hybridized carbons (Fsp3) is 0.462. The molecule has 2 heterocycles. The van der Waals surface area contributed by atoms with Crippen LogP contribution in [-0.2, 0) is 4.79 Å². The van der Waals surface area contributed by atoms with Gasteiger partial charge in [-0.15, -0.1) is 0 Å². The number of primary amides is 1. The number of aliphatic carboxylic acids is 1. The Labute approximate surface area is 111 Å². The Balaban J connectivity index is 2.05. The van der Waals surface area contributed by atoms with E-state index in [4.69, 9.17) is 10.8 Å². The van der Waals surface area contributed by atoms with E-state index < -0.39 is 11.9 Å². The molecule has 0 saturated carbocycles. The summed E-state index contributed by atoms with van der Waals surface area (Å²) < 4.78 is 0. The molecule has 1 aliphatic heterocycles. The maximum Gasteiger partial charge on any atom is 0.303 e. The number of aromatic nitrogens is 1. The van der Waals surface area contributed by atoms with E-state index in [-0.39, 0.29) is 12.3 Å².